The molecule has 0 N–H and O–H groups in total. The van der Waals surface area contributed by atoms with Gasteiger partial charge in [-0.15, -0.1) is 0 Å². The van der Waals surface area contributed by atoms with Crippen LogP contribution in [0, 0.1) is 0 Å². The molecular formula is C5H11ISi. The van der Waals surface area contributed by atoms with Gasteiger partial charge >= 0.3 is 0 Å². The van der Waals surface area contributed by atoms with Gasteiger partial charge in [0.05, 0.1) is 8.07 Å². The Morgan fingerprint density at radius 3 is 1.71 bits per heavy atom. The average molecular weight is 226 g/mol. The Kier molecular flexibility index (Phi) is 3.15. The number of halogens is 1. The molecule has 0 amide bonds. The third-order valence-electron chi connectivity index (χ3n) is 0.563. The first-order valence-corrected chi connectivity index (χ1v) is 7.16. The van der Waals surface area contributed by atoms with Gasteiger partial charge in [0.25, 0.3) is 0 Å². The van der Waals surface area contributed by atoms with E-state index in [1.165, 1.54) is 0 Å². The van der Waals surface area contributed by atoms with Crippen molar-refractivity contribution in [2.24, 2.45) is 0 Å². The van der Waals surface area contributed by atoms with E-state index in [9.17, 15) is 0 Å². The molecule has 0 aliphatic carbocycles. The summed E-state index contributed by atoms with van der Waals surface area (Å²) in [6, 6.07) is 0. The molecule has 0 aliphatic heterocycles. The average Bonchev–Trinajstić information content (AvgIpc) is 1.30. The zero-order valence-electron chi connectivity index (χ0n) is 5.03. The molecular weight excluding hydrogens is 215 g/mol. The van der Waals surface area contributed by atoms with Crippen LogP contribution in [-0.2, 0) is 0 Å². The molecule has 0 radical (unpaired) electrons. The minimum absolute atomic E-state index is 0.845. The molecule has 0 fully saturated rings. The molecule has 0 spiro atoms. The van der Waals surface area contributed by atoms with Crippen LogP contribution in [0.15, 0.2) is 9.78 Å². The van der Waals surface area contributed by atoms with E-state index >= 15 is 0 Å². The van der Waals surface area contributed by atoms with E-state index in [1.54, 1.807) is 0 Å². The molecule has 0 bridgehead atoms. The molecule has 7 heavy (non-hydrogen) atoms. The standard InChI is InChI=1S/C5H11ISi/c1-7(2,3)5-4-6/h4-5H,1-3H3/b5-4-. The van der Waals surface area contributed by atoms with Gasteiger partial charge in [0.2, 0.25) is 0 Å². The quantitative estimate of drug-likeness (QED) is 0.476. The Hall–Kier alpha value is 0.687. The van der Waals surface area contributed by atoms with Gasteiger partial charge in [-0.05, 0) is 4.08 Å². The van der Waals surface area contributed by atoms with Crippen molar-refractivity contribution in [2.45, 2.75) is 19.6 Å². The van der Waals surface area contributed by atoms with Crippen molar-refractivity contribution in [2.75, 3.05) is 0 Å². The highest BCUT2D eigenvalue weighted by Crippen LogP contribution is 2.02. The van der Waals surface area contributed by atoms with Crippen LogP contribution in [0.5, 0.6) is 0 Å². The first-order chi connectivity index (χ1) is 3.06. The summed E-state index contributed by atoms with van der Waals surface area (Å²) in [5, 5.41) is 0. The molecule has 0 rings (SSSR count). The van der Waals surface area contributed by atoms with Crippen molar-refractivity contribution in [3.8, 4) is 0 Å². The lowest BCUT2D eigenvalue weighted by Gasteiger charge is -2.05. The van der Waals surface area contributed by atoms with E-state index in [0.29, 0.717) is 0 Å². The molecule has 0 aliphatic rings. The maximum absolute atomic E-state index is 2.32. The lowest BCUT2D eigenvalue weighted by atomic mass is 11.3. The molecule has 0 saturated carbocycles. The predicted molar refractivity (Wildman–Crippen MR) is 46.5 cm³/mol. The number of hydrogen-bond donors (Lipinski definition) is 0. The van der Waals surface area contributed by atoms with Crippen LogP contribution in [0.25, 0.3) is 0 Å². The van der Waals surface area contributed by atoms with Gasteiger partial charge < -0.3 is 0 Å². The third-order valence-corrected chi connectivity index (χ3v) is 2.77. The van der Waals surface area contributed by atoms with Gasteiger partial charge in [0, 0.05) is 0 Å². The zero-order chi connectivity index (χ0) is 5.91. The molecule has 2 heteroatoms. The Balaban J connectivity index is 3.56. The molecule has 0 unspecified atom stereocenters. The second-order valence-electron chi connectivity index (χ2n) is 2.66. The highest BCUT2D eigenvalue weighted by molar-refractivity contribution is 14.1. The Morgan fingerprint density at radius 1 is 1.29 bits per heavy atom. The summed E-state index contributed by atoms with van der Waals surface area (Å²) in [7, 11) is -0.845. The highest BCUT2D eigenvalue weighted by atomic mass is 127. The lowest BCUT2D eigenvalue weighted by molar-refractivity contribution is 1.78. The van der Waals surface area contributed by atoms with Crippen molar-refractivity contribution in [3.63, 3.8) is 0 Å². The minimum atomic E-state index is -0.845. The fourth-order valence-electron chi connectivity index (χ4n) is 0.189. The minimum Gasteiger partial charge on any atom is -0.0891 e. The molecule has 0 aromatic rings. The van der Waals surface area contributed by atoms with Crippen molar-refractivity contribution < 1.29 is 0 Å². The summed E-state index contributed by atoms with van der Waals surface area (Å²) < 4.78 is 2.12. The Morgan fingerprint density at radius 2 is 1.71 bits per heavy atom. The molecule has 0 aromatic carbocycles. The summed E-state index contributed by atoms with van der Waals surface area (Å²) in [5.74, 6) is 0. The van der Waals surface area contributed by atoms with E-state index in [2.05, 4.69) is 52.0 Å². The second-order valence-corrected chi connectivity index (χ2v) is 8.44. The number of rotatable bonds is 1. The Bertz CT molecular complexity index is 70.6. The van der Waals surface area contributed by atoms with Crippen molar-refractivity contribution >= 4 is 30.7 Å². The molecule has 0 nitrogen and oxygen atoms in total. The van der Waals surface area contributed by atoms with Crippen LogP contribution in [0.2, 0.25) is 19.6 Å². The van der Waals surface area contributed by atoms with Gasteiger partial charge in [-0.3, -0.25) is 0 Å². The highest BCUT2D eigenvalue weighted by Gasteiger charge is 2.04. The van der Waals surface area contributed by atoms with E-state index in [-0.39, 0.29) is 0 Å². The van der Waals surface area contributed by atoms with Crippen molar-refractivity contribution in [1.29, 1.82) is 0 Å². The van der Waals surface area contributed by atoms with Gasteiger partial charge in [-0.25, -0.2) is 0 Å². The predicted octanol–water partition coefficient (Wildman–Crippen LogP) is 2.81. The van der Waals surface area contributed by atoms with Crippen LogP contribution in [0.3, 0.4) is 0 Å². The summed E-state index contributed by atoms with van der Waals surface area (Å²) >= 11 is 2.27. The van der Waals surface area contributed by atoms with Gasteiger partial charge in [0.1, 0.15) is 0 Å². The topological polar surface area (TPSA) is 0 Å². The summed E-state index contributed by atoms with van der Waals surface area (Å²) in [6.45, 7) is 6.96. The molecule has 0 saturated heterocycles. The van der Waals surface area contributed by atoms with Gasteiger partial charge in [0.15, 0.2) is 0 Å². The fourth-order valence-corrected chi connectivity index (χ4v) is 3.80. The van der Waals surface area contributed by atoms with E-state index in [4.69, 9.17) is 0 Å². The number of hydrogen-bond acceptors (Lipinski definition) is 0. The normalized spacial score (nSPS) is 13.1. The summed E-state index contributed by atoms with van der Waals surface area (Å²) in [4.78, 5) is 0. The van der Waals surface area contributed by atoms with Crippen LogP contribution in [0.1, 0.15) is 0 Å². The van der Waals surface area contributed by atoms with Crippen LogP contribution in [0.4, 0.5) is 0 Å². The van der Waals surface area contributed by atoms with Crippen LogP contribution >= 0.6 is 22.6 Å². The largest absolute Gasteiger partial charge is 0.0891 e. The smallest absolute Gasteiger partial charge is 0.0692 e. The van der Waals surface area contributed by atoms with Crippen LogP contribution < -0.4 is 0 Å². The molecule has 0 aromatic heterocycles. The molecule has 0 atom stereocenters. The van der Waals surface area contributed by atoms with E-state index in [0.717, 1.165) is 0 Å². The van der Waals surface area contributed by atoms with Crippen molar-refractivity contribution in [1.82, 2.24) is 0 Å². The third kappa shape index (κ3) is 6.69. The Labute approximate surface area is 60.2 Å². The zero-order valence-corrected chi connectivity index (χ0v) is 8.19. The lowest BCUT2D eigenvalue weighted by Crippen LogP contribution is -2.14. The maximum atomic E-state index is 2.32. The summed E-state index contributed by atoms with van der Waals surface area (Å²) in [5.41, 5.74) is 2.31. The van der Waals surface area contributed by atoms with E-state index < -0.39 is 8.07 Å². The van der Waals surface area contributed by atoms with Gasteiger partial charge in [-0.1, -0.05) is 47.9 Å². The SMILES string of the molecule is C[Si](C)(C)/C=C\I. The first-order valence-electron chi connectivity index (χ1n) is 2.34. The van der Waals surface area contributed by atoms with Crippen LogP contribution in [-0.4, -0.2) is 8.07 Å². The molecule has 0 heterocycles. The second kappa shape index (κ2) is 2.87. The first kappa shape index (κ1) is 7.69. The fraction of sp³-hybridized carbons (Fsp3) is 0.600. The monoisotopic (exact) mass is 226 g/mol. The molecule has 42 valence electrons. The van der Waals surface area contributed by atoms with E-state index in [1.807, 2.05) is 0 Å². The maximum Gasteiger partial charge on any atom is 0.0692 e. The van der Waals surface area contributed by atoms with Crippen molar-refractivity contribution in [3.05, 3.63) is 9.78 Å². The van der Waals surface area contributed by atoms with Gasteiger partial charge in [-0.2, -0.15) is 0 Å². The summed E-state index contributed by atoms with van der Waals surface area (Å²) in [6.07, 6.45) is 0.